The van der Waals surface area contributed by atoms with E-state index in [2.05, 4.69) is 9.98 Å². The minimum Gasteiger partial charge on any atom is -0.371 e. The van der Waals surface area contributed by atoms with E-state index < -0.39 is 23.3 Å². The van der Waals surface area contributed by atoms with Crippen LogP contribution < -0.4 is 5.56 Å². The highest BCUT2D eigenvalue weighted by atomic mass is 19.1. The third-order valence-electron chi connectivity index (χ3n) is 5.04. The van der Waals surface area contributed by atoms with Gasteiger partial charge in [-0.15, -0.1) is 0 Å². The Morgan fingerprint density at radius 1 is 1.41 bits per heavy atom. The van der Waals surface area contributed by atoms with E-state index in [-0.39, 0.29) is 29.9 Å². The van der Waals surface area contributed by atoms with Crippen LogP contribution in [0.3, 0.4) is 0 Å². The first-order valence-electron chi connectivity index (χ1n) is 10.1. The molecule has 8 heteroatoms. The van der Waals surface area contributed by atoms with E-state index in [1.165, 1.54) is 36.8 Å². The molecule has 0 radical (unpaired) electrons. The van der Waals surface area contributed by atoms with Gasteiger partial charge in [-0.1, -0.05) is 12.2 Å². The molecule has 1 atom stereocenters. The second-order valence-electron chi connectivity index (χ2n) is 7.01. The van der Waals surface area contributed by atoms with E-state index in [0.29, 0.717) is 17.0 Å². The maximum absolute atomic E-state index is 14.3. The van der Waals surface area contributed by atoms with Gasteiger partial charge in [0, 0.05) is 18.8 Å². The van der Waals surface area contributed by atoms with Gasteiger partial charge < -0.3 is 4.74 Å². The van der Waals surface area contributed by atoms with Gasteiger partial charge >= 0.3 is 0 Å². The lowest BCUT2D eigenvalue weighted by molar-refractivity contribution is 0.142. The summed E-state index contributed by atoms with van der Waals surface area (Å²) in [4.78, 5) is 21.9. The molecule has 2 rings (SSSR count). The molecule has 1 aliphatic heterocycles. The Bertz CT molecular complexity index is 1160. The molecule has 0 spiro atoms. The number of nitriles is 1. The average molecular weight is 440 g/mol. The van der Waals surface area contributed by atoms with E-state index in [1.54, 1.807) is 33.0 Å². The molecule has 32 heavy (non-hydrogen) atoms. The zero-order chi connectivity index (χ0) is 23.8. The first-order chi connectivity index (χ1) is 15.3. The van der Waals surface area contributed by atoms with Gasteiger partial charge in [-0.2, -0.15) is 5.26 Å². The Kier molecular flexibility index (Phi) is 8.73. The van der Waals surface area contributed by atoms with Gasteiger partial charge in [-0.25, -0.2) is 8.78 Å². The van der Waals surface area contributed by atoms with Crippen molar-refractivity contribution in [2.45, 2.75) is 40.3 Å². The van der Waals surface area contributed by atoms with Crippen molar-refractivity contribution < 1.29 is 13.5 Å². The lowest BCUT2D eigenvalue weighted by atomic mass is 9.96. The van der Waals surface area contributed by atoms with Crippen molar-refractivity contribution in [1.82, 2.24) is 4.57 Å². The molecule has 168 valence electrons. The number of allylic oxidation sites excluding steroid dienone is 7. The molecule has 2 heterocycles. The van der Waals surface area contributed by atoms with Crippen LogP contribution in [0, 0.1) is 11.3 Å². The smallest absolute Gasteiger partial charge is 0.263 e. The number of pyridine rings is 1. The zero-order valence-electron chi connectivity index (χ0n) is 18.8. The summed E-state index contributed by atoms with van der Waals surface area (Å²) in [7, 11) is 1.58. The SMILES string of the molecule is C/C=C(F)\C(C#N)=C(/C)c1cc2c(n(C(/C=N\C)=C/C)c1=O)COC/C=C(F)\C=N/C2C. The minimum absolute atomic E-state index is 0.00132. The summed E-state index contributed by atoms with van der Waals surface area (Å²) in [6.07, 6.45) is 6.76. The zero-order valence-corrected chi connectivity index (χ0v) is 18.8. The number of fused-ring (bicyclic) bond motifs is 1. The number of hydrogen-bond acceptors (Lipinski definition) is 5. The lowest BCUT2D eigenvalue weighted by Crippen LogP contribution is -2.29. The number of ether oxygens (including phenoxy) is 1. The molecule has 1 unspecified atom stereocenters. The lowest BCUT2D eigenvalue weighted by Gasteiger charge is -2.22. The van der Waals surface area contributed by atoms with Crippen LogP contribution in [-0.4, -0.2) is 30.7 Å². The highest BCUT2D eigenvalue weighted by Gasteiger charge is 2.23. The molecule has 1 aliphatic rings. The standard InChI is InChI=1S/C24H26F2N4O2/c1-6-18(13-28-5)30-23-14-32-9-8-17(25)12-29-16(4)20(23)10-19(24(30)31)15(3)21(11-27)22(26)7-2/h6-8,10,12-13,16H,9,14H2,1-5H3/b17-8+,18-6+,21-15+,22-7+,28-13-,29-12-. The van der Waals surface area contributed by atoms with E-state index >= 15 is 0 Å². The van der Waals surface area contributed by atoms with E-state index in [1.807, 2.05) is 6.07 Å². The monoisotopic (exact) mass is 440 g/mol. The molecular formula is C24H26F2N4O2. The van der Waals surface area contributed by atoms with Gasteiger partial charge in [0.1, 0.15) is 17.7 Å². The summed E-state index contributed by atoms with van der Waals surface area (Å²) in [5.74, 6) is -1.25. The first-order valence-corrected chi connectivity index (χ1v) is 10.1. The largest absolute Gasteiger partial charge is 0.371 e. The van der Waals surface area contributed by atoms with Crippen LogP contribution in [-0.2, 0) is 11.3 Å². The molecule has 0 aliphatic carbocycles. The second-order valence-corrected chi connectivity index (χ2v) is 7.01. The van der Waals surface area contributed by atoms with Crippen molar-refractivity contribution in [2.75, 3.05) is 13.7 Å². The minimum atomic E-state index is -0.723. The molecule has 0 amide bonds. The molecule has 0 saturated carbocycles. The molecule has 0 saturated heterocycles. The van der Waals surface area contributed by atoms with Crippen molar-refractivity contribution in [3.8, 4) is 6.07 Å². The van der Waals surface area contributed by atoms with Crippen LogP contribution in [0.2, 0.25) is 0 Å². The Morgan fingerprint density at radius 2 is 2.12 bits per heavy atom. The summed E-state index contributed by atoms with van der Waals surface area (Å²) < 4.78 is 35.2. The third-order valence-corrected chi connectivity index (χ3v) is 5.04. The Morgan fingerprint density at radius 3 is 2.72 bits per heavy atom. The van der Waals surface area contributed by atoms with Gasteiger partial charge in [-0.3, -0.25) is 19.3 Å². The highest BCUT2D eigenvalue weighted by Crippen LogP contribution is 2.29. The molecule has 1 aromatic heterocycles. The fourth-order valence-electron chi connectivity index (χ4n) is 3.32. The molecule has 1 aromatic rings. The summed E-state index contributed by atoms with van der Waals surface area (Å²) in [5, 5.41) is 9.51. The molecule has 6 nitrogen and oxygen atoms in total. The highest BCUT2D eigenvalue weighted by molar-refractivity contribution is 6.02. The van der Waals surface area contributed by atoms with Crippen molar-refractivity contribution >= 4 is 23.7 Å². The fourth-order valence-corrected chi connectivity index (χ4v) is 3.32. The van der Waals surface area contributed by atoms with Crippen LogP contribution in [0.1, 0.15) is 50.6 Å². The summed E-state index contributed by atoms with van der Waals surface area (Å²) in [6.45, 7) is 6.51. The van der Waals surface area contributed by atoms with Crippen molar-refractivity contribution in [3.63, 3.8) is 0 Å². The predicted molar refractivity (Wildman–Crippen MR) is 124 cm³/mol. The molecule has 0 aromatic carbocycles. The van der Waals surface area contributed by atoms with Crippen LogP contribution in [0.25, 0.3) is 11.3 Å². The van der Waals surface area contributed by atoms with E-state index in [0.717, 1.165) is 6.21 Å². The Labute approximate surface area is 186 Å². The molecular weight excluding hydrogens is 414 g/mol. The van der Waals surface area contributed by atoms with Gasteiger partial charge in [0.05, 0.1) is 42.4 Å². The summed E-state index contributed by atoms with van der Waals surface area (Å²) in [6, 6.07) is 2.87. The second kappa shape index (κ2) is 11.3. The molecule has 0 bridgehead atoms. The maximum Gasteiger partial charge on any atom is 0.263 e. The fraction of sp³-hybridized carbons (Fsp3) is 0.333. The third kappa shape index (κ3) is 5.24. The van der Waals surface area contributed by atoms with Crippen LogP contribution >= 0.6 is 0 Å². The maximum atomic E-state index is 14.3. The topological polar surface area (TPSA) is 79.7 Å². The van der Waals surface area contributed by atoms with Crippen molar-refractivity contribution in [1.29, 1.82) is 5.26 Å². The van der Waals surface area contributed by atoms with E-state index in [9.17, 15) is 18.8 Å². The first kappa shape index (κ1) is 24.8. The predicted octanol–water partition coefficient (Wildman–Crippen LogP) is 5.10. The van der Waals surface area contributed by atoms with Gasteiger partial charge in [-0.05, 0) is 51.0 Å². The molecule has 0 N–H and O–H groups in total. The number of aromatic nitrogens is 1. The van der Waals surface area contributed by atoms with Crippen LogP contribution in [0.15, 0.2) is 56.3 Å². The Hall–Kier alpha value is -3.44. The van der Waals surface area contributed by atoms with Gasteiger partial charge in [0.2, 0.25) is 0 Å². The summed E-state index contributed by atoms with van der Waals surface area (Å²) in [5.41, 5.74) is 1.22. The molecule has 0 fully saturated rings. The van der Waals surface area contributed by atoms with Gasteiger partial charge in [0.15, 0.2) is 0 Å². The quantitative estimate of drug-likeness (QED) is 0.371. The number of halogens is 2. The summed E-state index contributed by atoms with van der Waals surface area (Å²) >= 11 is 0. The van der Waals surface area contributed by atoms with Crippen LogP contribution in [0.5, 0.6) is 0 Å². The van der Waals surface area contributed by atoms with Gasteiger partial charge in [0.25, 0.3) is 5.56 Å². The Balaban J connectivity index is 3.01. The number of rotatable bonds is 4. The van der Waals surface area contributed by atoms with Crippen molar-refractivity contribution in [2.24, 2.45) is 9.98 Å². The van der Waals surface area contributed by atoms with E-state index in [4.69, 9.17) is 4.74 Å². The number of aliphatic imine (C=N–C) groups is 2. The number of hydrogen-bond donors (Lipinski definition) is 0. The average Bonchev–Trinajstić information content (AvgIpc) is 2.78. The van der Waals surface area contributed by atoms with Crippen molar-refractivity contribution in [3.05, 3.63) is 68.7 Å². The normalized spacial score (nSPS) is 21.3. The number of nitrogens with zero attached hydrogens (tertiary/aromatic N) is 4. The van der Waals surface area contributed by atoms with Crippen LogP contribution in [0.4, 0.5) is 8.78 Å².